The van der Waals surface area contributed by atoms with Gasteiger partial charge < -0.3 is 9.15 Å². The molecule has 2 aromatic carbocycles. The lowest BCUT2D eigenvalue weighted by atomic mass is 9.90. The number of halogens is 1. The van der Waals surface area contributed by atoms with Crippen LogP contribution in [0.25, 0.3) is 11.0 Å². The van der Waals surface area contributed by atoms with Gasteiger partial charge in [0, 0.05) is 17.0 Å². The molecule has 0 aliphatic heterocycles. The lowest BCUT2D eigenvalue weighted by Crippen LogP contribution is -2.43. The van der Waals surface area contributed by atoms with E-state index in [1.807, 2.05) is 20.8 Å². The number of fused-ring (bicyclic) bond motifs is 3. The van der Waals surface area contributed by atoms with Gasteiger partial charge in [0.15, 0.2) is 5.75 Å². The molecule has 0 fully saturated rings. The summed E-state index contributed by atoms with van der Waals surface area (Å²) >= 11 is 6.45. The molecular formula is C26H28ClNO6S. The molecule has 0 saturated carbocycles. The van der Waals surface area contributed by atoms with E-state index in [1.165, 1.54) is 18.2 Å². The molecule has 35 heavy (non-hydrogen) atoms. The normalized spacial score (nSPS) is 14.7. The average Bonchev–Trinajstić information content (AvgIpc) is 2.80. The van der Waals surface area contributed by atoms with E-state index in [9.17, 15) is 18.0 Å². The second-order valence-corrected chi connectivity index (χ2v) is 11.5. The van der Waals surface area contributed by atoms with Crippen molar-refractivity contribution in [2.75, 3.05) is 0 Å². The maximum absolute atomic E-state index is 13.1. The first kappa shape index (κ1) is 25.4. The van der Waals surface area contributed by atoms with Crippen molar-refractivity contribution < 1.29 is 22.4 Å². The topological polar surface area (TPSA) is 103 Å². The summed E-state index contributed by atoms with van der Waals surface area (Å²) in [5.74, 6) is -0.785. The molecule has 0 spiro atoms. The number of nitrogens with one attached hydrogen (secondary N) is 1. The number of carbonyl (C=O) groups is 1. The Morgan fingerprint density at radius 1 is 1.11 bits per heavy atom. The summed E-state index contributed by atoms with van der Waals surface area (Å²) in [6, 6.07) is 8.27. The number of hydrogen-bond acceptors (Lipinski definition) is 6. The molecule has 0 radical (unpaired) electrons. The zero-order chi connectivity index (χ0) is 25.3. The summed E-state index contributed by atoms with van der Waals surface area (Å²) < 4.78 is 39.3. The van der Waals surface area contributed by atoms with Crippen LogP contribution in [0, 0.1) is 12.8 Å². The summed E-state index contributed by atoms with van der Waals surface area (Å²) in [5, 5.41) is 0.903. The molecule has 1 aromatic heterocycles. The summed E-state index contributed by atoms with van der Waals surface area (Å²) in [4.78, 5) is 25.6. The largest absolute Gasteiger partial charge is 0.424 e. The number of carbonyl (C=O) groups excluding carboxylic acids is 1. The van der Waals surface area contributed by atoms with Crippen molar-refractivity contribution in [3.05, 3.63) is 68.5 Å². The van der Waals surface area contributed by atoms with Crippen LogP contribution < -0.4 is 15.1 Å². The molecule has 9 heteroatoms. The van der Waals surface area contributed by atoms with Crippen LogP contribution in [0.15, 0.2) is 50.5 Å². The van der Waals surface area contributed by atoms with Gasteiger partial charge in [-0.1, -0.05) is 43.1 Å². The third-order valence-corrected chi connectivity index (χ3v) is 7.89. The van der Waals surface area contributed by atoms with Crippen LogP contribution in [0.3, 0.4) is 0 Å². The van der Waals surface area contributed by atoms with Crippen LogP contribution in [0.5, 0.6) is 5.75 Å². The molecule has 7 nitrogen and oxygen atoms in total. The second kappa shape index (κ2) is 10.1. The fourth-order valence-corrected chi connectivity index (χ4v) is 5.74. The number of aryl methyl sites for hydroxylation is 2. The highest BCUT2D eigenvalue weighted by Crippen LogP contribution is 2.34. The summed E-state index contributed by atoms with van der Waals surface area (Å²) in [5.41, 5.74) is 2.40. The van der Waals surface area contributed by atoms with Crippen molar-refractivity contribution in [3.8, 4) is 5.75 Å². The highest BCUT2D eigenvalue weighted by molar-refractivity contribution is 7.89. The van der Waals surface area contributed by atoms with Crippen LogP contribution in [0.4, 0.5) is 0 Å². The fourth-order valence-electron chi connectivity index (χ4n) is 4.34. The first-order chi connectivity index (χ1) is 16.5. The van der Waals surface area contributed by atoms with Crippen LogP contribution in [0.1, 0.15) is 49.8 Å². The predicted molar refractivity (Wildman–Crippen MR) is 135 cm³/mol. The van der Waals surface area contributed by atoms with Gasteiger partial charge in [0.05, 0.1) is 9.92 Å². The van der Waals surface area contributed by atoms with Crippen molar-refractivity contribution in [1.82, 2.24) is 4.72 Å². The first-order valence-electron chi connectivity index (χ1n) is 11.6. The smallest absolute Gasteiger partial charge is 0.339 e. The van der Waals surface area contributed by atoms with E-state index in [4.69, 9.17) is 20.8 Å². The first-order valence-corrected chi connectivity index (χ1v) is 13.5. The minimum atomic E-state index is -3.96. The van der Waals surface area contributed by atoms with E-state index in [1.54, 1.807) is 18.2 Å². The van der Waals surface area contributed by atoms with E-state index in [-0.39, 0.29) is 33.6 Å². The molecule has 3 aromatic rings. The Labute approximate surface area is 209 Å². The minimum absolute atomic E-state index is 0.00453. The number of hydrogen-bond donors (Lipinski definition) is 1. The summed E-state index contributed by atoms with van der Waals surface area (Å²) in [6.45, 7) is 5.61. The van der Waals surface area contributed by atoms with Crippen molar-refractivity contribution in [1.29, 1.82) is 0 Å². The molecule has 0 unspecified atom stereocenters. The van der Waals surface area contributed by atoms with Crippen molar-refractivity contribution in [2.45, 2.75) is 63.8 Å². The lowest BCUT2D eigenvalue weighted by molar-refractivity contribution is -0.136. The van der Waals surface area contributed by atoms with Crippen molar-refractivity contribution in [2.24, 2.45) is 5.92 Å². The molecule has 1 atom stereocenters. The Kier molecular flexibility index (Phi) is 7.35. The third kappa shape index (κ3) is 5.60. The number of ether oxygens (including phenoxy) is 1. The Hall–Kier alpha value is -2.68. The number of rotatable bonds is 7. The zero-order valence-electron chi connectivity index (χ0n) is 19.9. The molecule has 0 amide bonds. The average molecular weight is 518 g/mol. The van der Waals surface area contributed by atoms with Crippen LogP contribution in [0.2, 0.25) is 5.02 Å². The minimum Gasteiger partial charge on any atom is -0.424 e. The molecule has 186 valence electrons. The lowest BCUT2D eigenvalue weighted by Gasteiger charge is -2.20. The monoisotopic (exact) mass is 517 g/mol. The summed E-state index contributed by atoms with van der Waals surface area (Å²) in [7, 11) is -3.96. The molecule has 4 rings (SSSR count). The standard InChI is InChI=1S/C26H28ClNO6S/c1-15(2)12-22(28-35(31,32)17-10-8-16(3)9-11-17)26(30)34-24-14-23-20(13-21(24)27)18-6-4-5-7-19(18)25(29)33-23/h8-11,13-15,22,28H,4-7,12H2,1-3H3/t22-/m0/s1. The quantitative estimate of drug-likeness (QED) is 0.271. The molecule has 1 aliphatic carbocycles. The Morgan fingerprint density at radius 3 is 2.43 bits per heavy atom. The predicted octanol–water partition coefficient (Wildman–Crippen LogP) is 4.93. The Bertz CT molecular complexity index is 1430. The van der Waals surface area contributed by atoms with Crippen LogP contribution >= 0.6 is 11.6 Å². The molecule has 1 N–H and O–H groups in total. The number of esters is 1. The van der Waals surface area contributed by atoms with Gasteiger partial charge in [-0.15, -0.1) is 0 Å². The summed E-state index contributed by atoms with van der Waals surface area (Å²) in [6.07, 6.45) is 3.54. The van der Waals surface area contributed by atoms with Gasteiger partial charge in [-0.05, 0) is 68.7 Å². The molecule has 1 heterocycles. The highest BCUT2D eigenvalue weighted by Gasteiger charge is 2.29. The van der Waals surface area contributed by atoms with Gasteiger partial charge >= 0.3 is 11.6 Å². The second-order valence-electron chi connectivity index (χ2n) is 9.37. The third-order valence-electron chi connectivity index (χ3n) is 6.11. The van der Waals surface area contributed by atoms with E-state index in [0.29, 0.717) is 12.0 Å². The van der Waals surface area contributed by atoms with Gasteiger partial charge in [0.1, 0.15) is 11.6 Å². The molecule has 1 aliphatic rings. The Morgan fingerprint density at radius 2 is 1.77 bits per heavy atom. The zero-order valence-corrected chi connectivity index (χ0v) is 21.5. The van der Waals surface area contributed by atoms with E-state index in [0.717, 1.165) is 35.8 Å². The SMILES string of the molecule is Cc1ccc(S(=O)(=O)N[C@@H](CC(C)C)C(=O)Oc2cc3oc(=O)c4c(c3cc2Cl)CCCC4)cc1. The van der Waals surface area contributed by atoms with Crippen molar-refractivity contribution >= 4 is 38.6 Å². The van der Waals surface area contributed by atoms with Gasteiger partial charge in [0.25, 0.3) is 0 Å². The Balaban J connectivity index is 1.63. The van der Waals surface area contributed by atoms with Crippen LogP contribution in [-0.2, 0) is 27.7 Å². The molecule has 0 saturated heterocycles. The van der Waals surface area contributed by atoms with Crippen molar-refractivity contribution in [3.63, 3.8) is 0 Å². The maximum atomic E-state index is 13.1. The van der Waals surface area contributed by atoms with Gasteiger partial charge in [0.2, 0.25) is 10.0 Å². The van der Waals surface area contributed by atoms with Gasteiger partial charge in [-0.3, -0.25) is 0 Å². The molecule has 0 bridgehead atoms. The van der Waals surface area contributed by atoms with Gasteiger partial charge in [-0.2, -0.15) is 4.72 Å². The van der Waals surface area contributed by atoms with E-state index >= 15 is 0 Å². The maximum Gasteiger partial charge on any atom is 0.339 e. The molecular weight excluding hydrogens is 490 g/mol. The number of benzene rings is 2. The van der Waals surface area contributed by atoms with E-state index < -0.39 is 27.7 Å². The van der Waals surface area contributed by atoms with Gasteiger partial charge in [-0.25, -0.2) is 18.0 Å². The number of sulfonamides is 1. The van der Waals surface area contributed by atoms with Crippen LogP contribution in [-0.4, -0.2) is 20.4 Å². The highest BCUT2D eigenvalue weighted by atomic mass is 35.5. The fraction of sp³-hybridized carbons (Fsp3) is 0.385. The van der Waals surface area contributed by atoms with E-state index in [2.05, 4.69) is 4.72 Å².